The van der Waals surface area contributed by atoms with Crippen molar-refractivity contribution in [3.8, 4) is 11.5 Å². The van der Waals surface area contributed by atoms with E-state index in [2.05, 4.69) is 0 Å². The van der Waals surface area contributed by atoms with Crippen molar-refractivity contribution in [3.05, 3.63) is 58.6 Å². The fourth-order valence-electron chi connectivity index (χ4n) is 1.55. The molecule has 2 N–H and O–H groups in total. The molecule has 19 heavy (non-hydrogen) atoms. The van der Waals surface area contributed by atoms with E-state index in [-0.39, 0.29) is 22.6 Å². The molecule has 0 radical (unpaired) electrons. The van der Waals surface area contributed by atoms with E-state index in [0.29, 0.717) is 5.56 Å². The van der Waals surface area contributed by atoms with E-state index in [0.717, 1.165) is 6.07 Å². The summed E-state index contributed by atoms with van der Waals surface area (Å²) >= 11 is 5.62. The molecular formula is C14H12ClF2NO. The second kappa shape index (κ2) is 5.55. The highest BCUT2D eigenvalue weighted by molar-refractivity contribution is 6.30. The molecule has 0 saturated heterocycles. The number of ether oxygens (including phenoxy) is 1. The standard InChI is InChI=1S/C14H12ClF2NO/c1-8(18)9-2-5-14(13(17)6-9)19-10-3-4-12(16)11(15)7-10/h2-8H,18H2,1H3. The number of nitrogens with two attached hydrogens (primary N) is 1. The van der Waals surface area contributed by atoms with Crippen molar-refractivity contribution in [1.29, 1.82) is 0 Å². The highest BCUT2D eigenvalue weighted by Crippen LogP contribution is 2.29. The molecule has 0 fully saturated rings. The second-order valence-corrected chi connectivity index (χ2v) is 4.56. The highest BCUT2D eigenvalue weighted by Gasteiger charge is 2.09. The molecule has 1 atom stereocenters. The van der Waals surface area contributed by atoms with Crippen molar-refractivity contribution >= 4 is 11.6 Å². The molecule has 0 saturated carbocycles. The Morgan fingerprint density at radius 3 is 2.42 bits per heavy atom. The lowest BCUT2D eigenvalue weighted by molar-refractivity contribution is 0.440. The number of hydrogen-bond acceptors (Lipinski definition) is 2. The van der Waals surface area contributed by atoms with E-state index in [1.165, 1.54) is 24.3 Å². The van der Waals surface area contributed by atoms with Gasteiger partial charge in [0, 0.05) is 12.1 Å². The van der Waals surface area contributed by atoms with Gasteiger partial charge in [0.15, 0.2) is 11.6 Å². The number of rotatable bonds is 3. The molecule has 2 nitrogen and oxygen atoms in total. The minimum Gasteiger partial charge on any atom is -0.454 e. The molecule has 2 aromatic rings. The molecule has 0 aliphatic rings. The zero-order valence-electron chi connectivity index (χ0n) is 10.2. The molecule has 5 heteroatoms. The van der Waals surface area contributed by atoms with Crippen LogP contribution in [0.25, 0.3) is 0 Å². The zero-order valence-corrected chi connectivity index (χ0v) is 10.9. The van der Waals surface area contributed by atoms with Crippen molar-refractivity contribution in [2.45, 2.75) is 13.0 Å². The molecule has 1 unspecified atom stereocenters. The van der Waals surface area contributed by atoms with Crippen molar-refractivity contribution in [1.82, 2.24) is 0 Å². The monoisotopic (exact) mass is 283 g/mol. The Morgan fingerprint density at radius 2 is 1.84 bits per heavy atom. The average molecular weight is 284 g/mol. The maximum Gasteiger partial charge on any atom is 0.166 e. The van der Waals surface area contributed by atoms with E-state index in [1.807, 2.05) is 0 Å². The van der Waals surface area contributed by atoms with Gasteiger partial charge < -0.3 is 10.5 Å². The molecule has 0 spiro atoms. The maximum absolute atomic E-state index is 13.8. The minimum atomic E-state index is -0.554. The third-order valence-corrected chi connectivity index (χ3v) is 2.89. The zero-order chi connectivity index (χ0) is 14.0. The van der Waals surface area contributed by atoms with Gasteiger partial charge >= 0.3 is 0 Å². The predicted molar refractivity (Wildman–Crippen MR) is 70.5 cm³/mol. The third kappa shape index (κ3) is 3.22. The lowest BCUT2D eigenvalue weighted by atomic mass is 10.1. The molecule has 2 aromatic carbocycles. The van der Waals surface area contributed by atoms with Crippen LogP contribution >= 0.6 is 11.6 Å². The fraction of sp³-hybridized carbons (Fsp3) is 0.143. The first kappa shape index (κ1) is 13.8. The van der Waals surface area contributed by atoms with Crippen LogP contribution in [0.2, 0.25) is 5.02 Å². The van der Waals surface area contributed by atoms with Gasteiger partial charge in [-0.05, 0) is 36.8 Å². The summed E-state index contributed by atoms with van der Waals surface area (Å²) in [5.74, 6) is -0.789. The molecule has 0 bridgehead atoms. The molecular weight excluding hydrogens is 272 g/mol. The summed E-state index contributed by atoms with van der Waals surface area (Å²) in [7, 11) is 0. The van der Waals surface area contributed by atoms with E-state index < -0.39 is 11.6 Å². The Bertz CT molecular complexity index is 602. The van der Waals surface area contributed by atoms with Crippen LogP contribution in [0.1, 0.15) is 18.5 Å². The first-order valence-corrected chi connectivity index (χ1v) is 6.03. The normalized spacial score (nSPS) is 12.3. The second-order valence-electron chi connectivity index (χ2n) is 4.16. The summed E-state index contributed by atoms with van der Waals surface area (Å²) in [6, 6.07) is 8.02. The lowest BCUT2D eigenvalue weighted by Gasteiger charge is -2.10. The van der Waals surface area contributed by atoms with Crippen LogP contribution in [-0.4, -0.2) is 0 Å². The molecule has 2 rings (SSSR count). The van der Waals surface area contributed by atoms with E-state index in [9.17, 15) is 8.78 Å². The van der Waals surface area contributed by atoms with Gasteiger partial charge in [-0.15, -0.1) is 0 Å². The van der Waals surface area contributed by atoms with E-state index in [1.54, 1.807) is 13.0 Å². The summed E-state index contributed by atoms with van der Waals surface area (Å²) in [6.45, 7) is 1.76. The van der Waals surface area contributed by atoms with Gasteiger partial charge in [0.05, 0.1) is 5.02 Å². The Balaban J connectivity index is 2.25. The Hall–Kier alpha value is -1.65. The molecule has 0 aromatic heterocycles. The largest absolute Gasteiger partial charge is 0.454 e. The van der Waals surface area contributed by atoms with Crippen LogP contribution in [-0.2, 0) is 0 Å². The van der Waals surface area contributed by atoms with Crippen LogP contribution in [0.4, 0.5) is 8.78 Å². The van der Waals surface area contributed by atoms with Gasteiger partial charge in [0.1, 0.15) is 11.6 Å². The number of benzene rings is 2. The summed E-state index contributed by atoms with van der Waals surface area (Å²) in [6.07, 6.45) is 0. The van der Waals surface area contributed by atoms with Crippen LogP contribution in [0.5, 0.6) is 11.5 Å². The number of halogens is 3. The van der Waals surface area contributed by atoms with Gasteiger partial charge in [0.25, 0.3) is 0 Å². The third-order valence-electron chi connectivity index (χ3n) is 2.60. The van der Waals surface area contributed by atoms with Crippen molar-refractivity contribution < 1.29 is 13.5 Å². The van der Waals surface area contributed by atoms with Crippen molar-refractivity contribution in [2.24, 2.45) is 5.73 Å². The van der Waals surface area contributed by atoms with Gasteiger partial charge in [0.2, 0.25) is 0 Å². The molecule has 0 amide bonds. The summed E-state index contributed by atoms with van der Waals surface area (Å²) in [5.41, 5.74) is 6.32. The summed E-state index contributed by atoms with van der Waals surface area (Å²) in [4.78, 5) is 0. The Kier molecular flexibility index (Phi) is 4.02. The van der Waals surface area contributed by atoms with Crippen molar-refractivity contribution in [3.63, 3.8) is 0 Å². The highest BCUT2D eigenvalue weighted by atomic mass is 35.5. The molecule has 100 valence electrons. The van der Waals surface area contributed by atoms with Gasteiger partial charge in [-0.3, -0.25) is 0 Å². The van der Waals surface area contributed by atoms with Gasteiger partial charge in [-0.2, -0.15) is 0 Å². The Morgan fingerprint density at radius 1 is 1.11 bits per heavy atom. The SMILES string of the molecule is CC(N)c1ccc(Oc2ccc(F)c(Cl)c2)c(F)c1. The predicted octanol–water partition coefficient (Wildman–Crippen LogP) is 4.43. The van der Waals surface area contributed by atoms with Crippen LogP contribution in [0.3, 0.4) is 0 Å². The van der Waals surface area contributed by atoms with Crippen LogP contribution in [0.15, 0.2) is 36.4 Å². The fourth-order valence-corrected chi connectivity index (χ4v) is 1.72. The lowest BCUT2D eigenvalue weighted by Crippen LogP contribution is -2.05. The van der Waals surface area contributed by atoms with Crippen molar-refractivity contribution in [2.75, 3.05) is 0 Å². The topological polar surface area (TPSA) is 35.2 Å². The first-order valence-electron chi connectivity index (χ1n) is 5.65. The summed E-state index contributed by atoms with van der Waals surface area (Å²) < 4.78 is 32.1. The summed E-state index contributed by atoms with van der Waals surface area (Å²) in [5, 5.41) is -0.0786. The van der Waals surface area contributed by atoms with Gasteiger partial charge in [-0.1, -0.05) is 17.7 Å². The number of hydrogen-bond donors (Lipinski definition) is 1. The smallest absolute Gasteiger partial charge is 0.166 e. The van der Waals surface area contributed by atoms with Crippen LogP contribution in [0, 0.1) is 11.6 Å². The van der Waals surface area contributed by atoms with Crippen LogP contribution < -0.4 is 10.5 Å². The van der Waals surface area contributed by atoms with E-state index >= 15 is 0 Å². The van der Waals surface area contributed by atoms with E-state index in [4.69, 9.17) is 22.1 Å². The first-order chi connectivity index (χ1) is 8.97. The molecule has 0 aliphatic carbocycles. The Labute approximate surface area is 114 Å². The average Bonchev–Trinajstić information content (AvgIpc) is 2.36. The molecule has 0 aliphatic heterocycles. The quantitative estimate of drug-likeness (QED) is 0.904. The van der Waals surface area contributed by atoms with Gasteiger partial charge in [-0.25, -0.2) is 8.78 Å². The minimum absolute atomic E-state index is 0.0343. The molecule has 0 heterocycles. The maximum atomic E-state index is 13.8.